The summed E-state index contributed by atoms with van der Waals surface area (Å²) in [5.41, 5.74) is 2.73. The SMILES string of the molecule is Oc1ccccc1CNCc1cnc2cnc(Br)cn12. The Balaban J connectivity index is 1.71. The highest BCUT2D eigenvalue weighted by Crippen LogP contribution is 2.15. The molecule has 0 bridgehead atoms. The summed E-state index contributed by atoms with van der Waals surface area (Å²) in [5, 5.41) is 13.0. The van der Waals surface area contributed by atoms with Crippen LogP contribution in [0.4, 0.5) is 0 Å². The molecule has 0 spiro atoms. The summed E-state index contributed by atoms with van der Waals surface area (Å²) in [5.74, 6) is 0.310. The number of aromatic hydroxyl groups is 1. The van der Waals surface area contributed by atoms with Crippen LogP contribution in [0.25, 0.3) is 5.65 Å². The first-order chi connectivity index (χ1) is 9.74. The average Bonchev–Trinajstić information content (AvgIpc) is 2.83. The number of aromatic nitrogens is 3. The summed E-state index contributed by atoms with van der Waals surface area (Å²) < 4.78 is 2.75. The van der Waals surface area contributed by atoms with Gasteiger partial charge in [-0.15, -0.1) is 0 Å². The molecule has 0 unspecified atom stereocenters. The van der Waals surface area contributed by atoms with Gasteiger partial charge in [0.2, 0.25) is 0 Å². The van der Waals surface area contributed by atoms with Crippen molar-refractivity contribution in [3.63, 3.8) is 0 Å². The van der Waals surface area contributed by atoms with Gasteiger partial charge >= 0.3 is 0 Å². The van der Waals surface area contributed by atoms with E-state index in [9.17, 15) is 5.11 Å². The van der Waals surface area contributed by atoms with Crippen LogP contribution in [0.15, 0.2) is 47.5 Å². The minimum atomic E-state index is 0.310. The molecule has 0 fully saturated rings. The zero-order valence-electron chi connectivity index (χ0n) is 10.6. The fraction of sp³-hybridized carbons (Fsp3) is 0.143. The molecule has 0 saturated heterocycles. The van der Waals surface area contributed by atoms with Gasteiger partial charge in [0.15, 0.2) is 5.65 Å². The number of halogens is 1. The average molecular weight is 333 g/mol. The Kier molecular flexibility index (Phi) is 3.66. The maximum atomic E-state index is 9.70. The molecule has 2 N–H and O–H groups in total. The molecule has 0 aliphatic rings. The standard InChI is InChI=1S/C14H13BrN4O/c15-13-9-19-11(7-18-14(19)8-17-13)6-16-5-10-3-1-2-4-12(10)20/h1-4,7-9,16,20H,5-6H2. The summed E-state index contributed by atoms with van der Waals surface area (Å²) in [6.07, 6.45) is 5.43. The van der Waals surface area contributed by atoms with E-state index >= 15 is 0 Å². The molecule has 0 atom stereocenters. The highest BCUT2D eigenvalue weighted by atomic mass is 79.9. The van der Waals surface area contributed by atoms with Gasteiger partial charge in [-0.3, -0.25) is 4.40 Å². The Morgan fingerprint density at radius 1 is 1.15 bits per heavy atom. The van der Waals surface area contributed by atoms with Crippen LogP contribution in [0, 0.1) is 0 Å². The van der Waals surface area contributed by atoms with Gasteiger partial charge in [-0.2, -0.15) is 0 Å². The van der Waals surface area contributed by atoms with Gasteiger partial charge in [-0.1, -0.05) is 18.2 Å². The summed E-state index contributed by atoms with van der Waals surface area (Å²) in [6.45, 7) is 1.26. The molecule has 2 heterocycles. The van der Waals surface area contributed by atoms with Crippen molar-refractivity contribution in [3.05, 3.63) is 58.7 Å². The van der Waals surface area contributed by atoms with Gasteiger partial charge in [0.25, 0.3) is 0 Å². The van der Waals surface area contributed by atoms with Crippen LogP contribution < -0.4 is 5.32 Å². The predicted octanol–water partition coefficient (Wildman–Crippen LogP) is 2.49. The maximum absolute atomic E-state index is 9.70. The molecule has 0 aliphatic heterocycles. The summed E-state index contributed by atoms with van der Waals surface area (Å²) in [4.78, 5) is 8.43. The normalized spacial score (nSPS) is 11.1. The zero-order chi connectivity index (χ0) is 13.9. The van der Waals surface area contributed by atoms with Crippen molar-refractivity contribution >= 4 is 21.6 Å². The van der Waals surface area contributed by atoms with Crippen LogP contribution in [0.3, 0.4) is 0 Å². The molecule has 0 radical (unpaired) electrons. The van der Waals surface area contributed by atoms with Crippen LogP contribution in [0.1, 0.15) is 11.3 Å². The van der Waals surface area contributed by atoms with Crippen molar-refractivity contribution in [2.75, 3.05) is 0 Å². The second kappa shape index (κ2) is 5.60. The van der Waals surface area contributed by atoms with E-state index < -0.39 is 0 Å². The van der Waals surface area contributed by atoms with E-state index in [1.165, 1.54) is 0 Å². The molecule has 1 aromatic carbocycles. The Labute approximate surface area is 124 Å². The van der Waals surface area contributed by atoms with Gasteiger partial charge in [0.05, 0.1) is 18.1 Å². The molecule has 5 nitrogen and oxygen atoms in total. The lowest BCUT2D eigenvalue weighted by Gasteiger charge is -2.06. The number of hydrogen-bond acceptors (Lipinski definition) is 4. The third-order valence-electron chi connectivity index (χ3n) is 3.05. The Bertz CT molecular complexity index is 741. The van der Waals surface area contributed by atoms with Crippen LogP contribution in [0.2, 0.25) is 0 Å². The van der Waals surface area contributed by atoms with Gasteiger partial charge in [-0.05, 0) is 22.0 Å². The third-order valence-corrected chi connectivity index (χ3v) is 3.46. The van der Waals surface area contributed by atoms with E-state index in [4.69, 9.17) is 0 Å². The molecule has 102 valence electrons. The first kappa shape index (κ1) is 13.1. The smallest absolute Gasteiger partial charge is 0.155 e. The Morgan fingerprint density at radius 2 is 2.00 bits per heavy atom. The molecule has 6 heteroatoms. The minimum absolute atomic E-state index is 0.310. The van der Waals surface area contributed by atoms with Crippen molar-refractivity contribution in [1.29, 1.82) is 0 Å². The van der Waals surface area contributed by atoms with Crippen LogP contribution >= 0.6 is 15.9 Å². The molecule has 0 saturated carbocycles. The van der Waals surface area contributed by atoms with E-state index in [0.717, 1.165) is 21.5 Å². The lowest BCUT2D eigenvalue weighted by atomic mass is 10.2. The fourth-order valence-electron chi connectivity index (χ4n) is 2.03. The molecular formula is C14H13BrN4O. The number of para-hydroxylation sites is 1. The van der Waals surface area contributed by atoms with Crippen molar-refractivity contribution in [2.24, 2.45) is 0 Å². The number of hydrogen-bond donors (Lipinski definition) is 2. The number of fused-ring (bicyclic) bond motifs is 1. The van der Waals surface area contributed by atoms with E-state index in [0.29, 0.717) is 18.8 Å². The highest BCUT2D eigenvalue weighted by molar-refractivity contribution is 9.10. The number of phenolic OH excluding ortho intramolecular Hbond substituents is 1. The summed E-state index contributed by atoms with van der Waals surface area (Å²) in [7, 11) is 0. The molecule has 0 aliphatic carbocycles. The molecule has 3 rings (SSSR count). The van der Waals surface area contributed by atoms with Gasteiger partial charge in [0, 0.05) is 24.8 Å². The van der Waals surface area contributed by atoms with E-state index in [1.54, 1.807) is 12.3 Å². The van der Waals surface area contributed by atoms with Crippen LogP contribution in [-0.4, -0.2) is 19.5 Å². The molecule has 2 aromatic heterocycles. The van der Waals surface area contributed by atoms with Crippen molar-refractivity contribution in [1.82, 2.24) is 19.7 Å². The molecule has 20 heavy (non-hydrogen) atoms. The lowest BCUT2D eigenvalue weighted by Crippen LogP contribution is -2.14. The van der Waals surface area contributed by atoms with E-state index in [-0.39, 0.29) is 0 Å². The third kappa shape index (κ3) is 2.66. The summed E-state index contributed by atoms with van der Waals surface area (Å²) >= 11 is 3.35. The van der Waals surface area contributed by atoms with Crippen LogP contribution in [0.5, 0.6) is 5.75 Å². The van der Waals surface area contributed by atoms with E-state index in [2.05, 4.69) is 31.2 Å². The van der Waals surface area contributed by atoms with Crippen LogP contribution in [-0.2, 0) is 13.1 Å². The zero-order valence-corrected chi connectivity index (χ0v) is 12.2. The van der Waals surface area contributed by atoms with Gasteiger partial charge in [-0.25, -0.2) is 9.97 Å². The number of rotatable bonds is 4. The minimum Gasteiger partial charge on any atom is -0.508 e. The number of phenols is 1. The fourth-order valence-corrected chi connectivity index (χ4v) is 2.34. The Morgan fingerprint density at radius 3 is 2.85 bits per heavy atom. The summed E-state index contributed by atoms with van der Waals surface area (Å²) in [6, 6.07) is 7.31. The monoisotopic (exact) mass is 332 g/mol. The number of nitrogens with zero attached hydrogens (tertiary/aromatic N) is 3. The van der Waals surface area contributed by atoms with Crippen molar-refractivity contribution in [3.8, 4) is 5.75 Å². The molecular weight excluding hydrogens is 320 g/mol. The Hall–Kier alpha value is -1.92. The van der Waals surface area contributed by atoms with Crippen molar-refractivity contribution in [2.45, 2.75) is 13.1 Å². The van der Waals surface area contributed by atoms with E-state index in [1.807, 2.05) is 35.0 Å². The number of nitrogens with one attached hydrogen (secondary N) is 1. The first-order valence-corrected chi connectivity index (χ1v) is 6.98. The maximum Gasteiger partial charge on any atom is 0.155 e. The number of benzene rings is 1. The molecule has 0 amide bonds. The second-order valence-corrected chi connectivity index (χ2v) is 5.23. The number of imidazole rings is 1. The predicted molar refractivity (Wildman–Crippen MR) is 79.3 cm³/mol. The second-order valence-electron chi connectivity index (χ2n) is 4.42. The van der Waals surface area contributed by atoms with Crippen molar-refractivity contribution < 1.29 is 5.11 Å². The van der Waals surface area contributed by atoms with Gasteiger partial charge in [0.1, 0.15) is 10.4 Å². The highest BCUT2D eigenvalue weighted by Gasteiger charge is 2.05. The van der Waals surface area contributed by atoms with Gasteiger partial charge < -0.3 is 10.4 Å². The molecule has 3 aromatic rings. The lowest BCUT2D eigenvalue weighted by molar-refractivity contribution is 0.464. The largest absolute Gasteiger partial charge is 0.508 e. The first-order valence-electron chi connectivity index (χ1n) is 6.19. The quantitative estimate of drug-likeness (QED) is 0.770. The topological polar surface area (TPSA) is 62.5 Å².